The molecule has 1 aliphatic heterocycles. The van der Waals surface area contributed by atoms with Crippen LogP contribution in [0, 0.1) is 5.92 Å². The van der Waals surface area contributed by atoms with E-state index in [2.05, 4.69) is 43.1 Å². The van der Waals surface area contributed by atoms with E-state index in [1.54, 1.807) is 11.8 Å². The number of aliphatic imine (C=N–C) groups is 1. The van der Waals surface area contributed by atoms with Crippen LogP contribution in [0.15, 0.2) is 17.3 Å². The zero-order chi connectivity index (χ0) is 12.4. The number of hydrogen-bond donors (Lipinski definition) is 1. The van der Waals surface area contributed by atoms with Crippen molar-refractivity contribution in [3.63, 3.8) is 0 Å². The third-order valence-corrected chi connectivity index (χ3v) is 3.80. The number of nitrogens with one attached hydrogen (secondary N) is 1. The van der Waals surface area contributed by atoms with Gasteiger partial charge in [0.15, 0.2) is 11.0 Å². The number of thioether (sulfide) groups is 1. The highest BCUT2D eigenvalue weighted by Gasteiger charge is 2.21. The number of anilines is 1. The van der Waals surface area contributed by atoms with Gasteiger partial charge in [-0.25, -0.2) is 0 Å². The summed E-state index contributed by atoms with van der Waals surface area (Å²) in [7, 11) is 0. The van der Waals surface area contributed by atoms with Crippen molar-refractivity contribution >= 4 is 22.7 Å². The Labute approximate surface area is 107 Å². The summed E-state index contributed by atoms with van der Waals surface area (Å²) in [6.07, 6.45) is 1.99. The quantitative estimate of drug-likeness (QED) is 0.899. The van der Waals surface area contributed by atoms with Crippen LogP contribution in [0.5, 0.6) is 0 Å². The largest absolute Gasteiger partial charge is 0.318 e. The highest BCUT2D eigenvalue weighted by molar-refractivity contribution is 8.14. The Kier molecular flexibility index (Phi) is 3.76. The summed E-state index contributed by atoms with van der Waals surface area (Å²) in [6.45, 7) is 8.66. The molecule has 1 aromatic rings. The maximum atomic E-state index is 4.66. The molecule has 0 bridgehead atoms. The van der Waals surface area contributed by atoms with Gasteiger partial charge in [-0.15, -0.1) is 0 Å². The fourth-order valence-electron chi connectivity index (χ4n) is 1.60. The minimum absolute atomic E-state index is 0.395. The van der Waals surface area contributed by atoms with E-state index in [1.807, 2.05) is 16.9 Å². The number of nitrogens with zero attached hydrogens (tertiary/aromatic N) is 3. The molecule has 17 heavy (non-hydrogen) atoms. The SMILES string of the molecule is CC(C)C1CSC(Nc2ccn(C(C)C)n2)=N1. The smallest absolute Gasteiger partial charge is 0.162 e. The van der Waals surface area contributed by atoms with Crippen LogP contribution in [0.25, 0.3) is 0 Å². The van der Waals surface area contributed by atoms with Gasteiger partial charge in [-0.1, -0.05) is 25.6 Å². The average Bonchev–Trinajstić information content (AvgIpc) is 2.87. The van der Waals surface area contributed by atoms with Crippen molar-refractivity contribution in [3.8, 4) is 0 Å². The summed E-state index contributed by atoms with van der Waals surface area (Å²) in [6, 6.07) is 2.83. The Bertz CT molecular complexity index is 408. The van der Waals surface area contributed by atoms with Crippen LogP contribution >= 0.6 is 11.8 Å². The highest BCUT2D eigenvalue weighted by Crippen LogP contribution is 2.24. The van der Waals surface area contributed by atoms with E-state index in [4.69, 9.17) is 0 Å². The van der Waals surface area contributed by atoms with Crippen LogP contribution in [-0.2, 0) is 0 Å². The van der Waals surface area contributed by atoms with E-state index in [1.165, 1.54) is 0 Å². The molecule has 0 amide bonds. The molecule has 0 aromatic carbocycles. The predicted molar refractivity (Wildman–Crippen MR) is 74.8 cm³/mol. The third-order valence-electron chi connectivity index (χ3n) is 2.82. The Morgan fingerprint density at radius 1 is 1.41 bits per heavy atom. The standard InChI is InChI=1S/C12H20N4S/c1-8(2)10-7-17-12(13-10)14-11-5-6-16(15-11)9(3)4/h5-6,8-10H,7H2,1-4H3,(H,13,14,15). The maximum absolute atomic E-state index is 4.66. The average molecular weight is 252 g/mol. The van der Waals surface area contributed by atoms with Crippen molar-refractivity contribution in [2.24, 2.45) is 10.9 Å². The maximum Gasteiger partial charge on any atom is 0.162 e. The molecule has 94 valence electrons. The molecule has 2 heterocycles. The van der Waals surface area contributed by atoms with Crippen molar-refractivity contribution in [2.75, 3.05) is 11.1 Å². The summed E-state index contributed by atoms with van der Waals surface area (Å²) in [5.74, 6) is 2.56. The van der Waals surface area contributed by atoms with Crippen LogP contribution < -0.4 is 5.32 Å². The van der Waals surface area contributed by atoms with Crippen LogP contribution in [0.1, 0.15) is 33.7 Å². The zero-order valence-corrected chi connectivity index (χ0v) is 11.7. The lowest BCUT2D eigenvalue weighted by molar-refractivity contribution is 0.534. The lowest BCUT2D eigenvalue weighted by Crippen LogP contribution is -2.12. The molecule has 0 spiro atoms. The van der Waals surface area contributed by atoms with Crippen molar-refractivity contribution in [2.45, 2.75) is 39.8 Å². The molecule has 4 nitrogen and oxygen atoms in total. The van der Waals surface area contributed by atoms with Crippen LogP contribution in [0.4, 0.5) is 5.82 Å². The first-order chi connectivity index (χ1) is 8.06. The summed E-state index contributed by atoms with van der Waals surface area (Å²) in [5, 5.41) is 8.73. The first-order valence-corrected chi connectivity index (χ1v) is 7.07. The van der Waals surface area contributed by atoms with E-state index < -0.39 is 0 Å². The molecule has 1 atom stereocenters. The van der Waals surface area contributed by atoms with Gasteiger partial charge in [0.25, 0.3) is 0 Å². The Morgan fingerprint density at radius 2 is 2.18 bits per heavy atom. The summed E-state index contributed by atoms with van der Waals surface area (Å²) in [4.78, 5) is 4.66. The van der Waals surface area contributed by atoms with Crippen LogP contribution in [0.3, 0.4) is 0 Å². The van der Waals surface area contributed by atoms with Crippen molar-refractivity contribution < 1.29 is 0 Å². The number of amidine groups is 1. The Balaban J connectivity index is 1.99. The van der Waals surface area contributed by atoms with E-state index in [0.29, 0.717) is 18.0 Å². The van der Waals surface area contributed by atoms with Crippen LogP contribution in [-0.4, -0.2) is 26.7 Å². The number of hydrogen-bond acceptors (Lipinski definition) is 4. The molecule has 0 aliphatic carbocycles. The Hall–Kier alpha value is -0.970. The van der Waals surface area contributed by atoms with E-state index in [9.17, 15) is 0 Å². The van der Waals surface area contributed by atoms with Gasteiger partial charge >= 0.3 is 0 Å². The lowest BCUT2D eigenvalue weighted by Gasteiger charge is -2.07. The van der Waals surface area contributed by atoms with Crippen molar-refractivity contribution in [1.29, 1.82) is 0 Å². The molecular formula is C12H20N4S. The van der Waals surface area contributed by atoms with Crippen molar-refractivity contribution in [3.05, 3.63) is 12.3 Å². The first kappa shape index (κ1) is 12.5. The second kappa shape index (κ2) is 5.12. The second-order valence-electron chi connectivity index (χ2n) is 4.96. The second-order valence-corrected chi connectivity index (χ2v) is 5.97. The van der Waals surface area contributed by atoms with Gasteiger partial charge in [0.1, 0.15) is 0 Å². The van der Waals surface area contributed by atoms with Gasteiger partial charge in [0.2, 0.25) is 0 Å². The lowest BCUT2D eigenvalue weighted by atomic mass is 10.1. The molecular weight excluding hydrogens is 232 g/mol. The fraction of sp³-hybridized carbons (Fsp3) is 0.667. The van der Waals surface area contributed by atoms with Gasteiger partial charge in [0, 0.05) is 24.1 Å². The van der Waals surface area contributed by atoms with Crippen LogP contribution in [0.2, 0.25) is 0 Å². The van der Waals surface area contributed by atoms with E-state index in [0.717, 1.165) is 16.7 Å². The number of rotatable bonds is 3. The monoisotopic (exact) mass is 252 g/mol. The van der Waals surface area contributed by atoms with E-state index >= 15 is 0 Å². The third kappa shape index (κ3) is 3.03. The minimum Gasteiger partial charge on any atom is -0.318 e. The summed E-state index contributed by atoms with van der Waals surface area (Å²) < 4.78 is 1.95. The molecule has 0 radical (unpaired) electrons. The van der Waals surface area contributed by atoms with Crippen molar-refractivity contribution in [1.82, 2.24) is 9.78 Å². The fourth-order valence-corrected chi connectivity index (χ4v) is 2.78. The van der Waals surface area contributed by atoms with Gasteiger partial charge in [-0.2, -0.15) is 5.10 Å². The Morgan fingerprint density at radius 3 is 2.71 bits per heavy atom. The molecule has 2 rings (SSSR count). The van der Waals surface area contributed by atoms with Gasteiger partial charge < -0.3 is 5.32 Å². The van der Waals surface area contributed by atoms with Gasteiger partial charge in [0.05, 0.1) is 6.04 Å². The molecule has 1 unspecified atom stereocenters. The topological polar surface area (TPSA) is 42.2 Å². The molecule has 0 saturated carbocycles. The predicted octanol–water partition coefficient (Wildman–Crippen LogP) is 3.00. The van der Waals surface area contributed by atoms with Gasteiger partial charge in [-0.05, 0) is 19.8 Å². The molecule has 1 N–H and O–H groups in total. The minimum atomic E-state index is 0.395. The van der Waals surface area contributed by atoms with Gasteiger partial charge in [-0.3, -0.25) is 9.67 Å². The summed E-state index contributed by atoms with van der Waals surface area (Å²) in [5.41, 5.74) is 0. The van der Waals surface area contributed by atoms with E-state index in [-0.39, 0.29) is 0 Å². The molecule has 0 saturated heterocycles. The summed E-state index contributed by atoms with van der Waals surface area (Å²) >= 11 is 1.78. The molecule has 1 aromatic heterocycles. The number of aromatic nitrogens is 2. The highest BCUT2D eigenvalue weighted by atomic mass is 32.2. The molecule has 0 fully saturated rings. The first-order valence-electron chi connectivity index (χ1n) is 6.09. The zero-order valence-electron chi connectivity index (χ0n) is 10.8. The molecule has 1 aliphatic rings. The molecule has 5 heteroatoms. The normalized spacial score (nSPS) is 20.1.